The van der Waals surface area contributed by atoms with Crippen molar-refractivity contribution in [3.05, 3.63) is 101 Å². The molecule has 4 aromatic rings. The number of phenolic OH excluding ortho intramolecular Hbond substituents is 1. The number of benzene rings is 4. The van der Waals surface area contributed by atoms with E-state index in [9.17, 15) is 34.2 Å². The van der Waals surface area contributed by atoms with Crippen LogP contribution in [-0.4, -0.2) is 121 Å². The van der Waals surface area contributed by atoms with Crippen molar-refractivity contribution in [3.63, 3.8) is 0 Å². The predicted octanol–water partition coefficient (Wildman–Crippen LogP) is 5.83. The Morgan fingerprint density at radius 3 is 2.18 bits per heavy atom. The van der Waals surface area contributed by atoms with Crippen molar-refractivity contribution >= 4 is 52.4 Å². The normalized spacial score (nSPS) is 20.1. The summed E-state index contributed by atoms with van der Waals surface area (Å²) in [6, 6.07) is 17.6. The maximum Gasteiger partial charge on any atom is 0.416 e. The summed E-state index contributed by atoms with van der Waals surface area (Å²) in [6.07, 6.45) is 2.94. The molecule has 7 N–H and O–H groups in total. The zero-order valence-electron chi connectivity index (χ0n) is 40.9. The molecule has 72 heavy (non-hydrogen) atoms. The summed E-state index contributed by atoms with van der Waals surface area (Å²) < 4.78 is 29.7. The lowest BCUT2D eigenvalue weighted by atomic mass is 10.0. The Morgan fingerprint density at radius 2 is 1.53 bits per heavy atom. The van der Waals surface area contributed by atoms with Gasteiger partial charge in [-0.2, -0.15) is 0 Å². The smallest absolute Gasteiger partial charge is 0.416 e. The minimum absolute atomic E-state index is 0.0985. The van der Waals surface area contributed by atoms with Crippen LogP contribution in [0.3, 0.4) is 0 Å². The van der Waals surface area contributed by atoms with Crippen molar-refractivity contribution in [2.24, 2.45) is 17.1 Å². The molecule has 4 aliphatic heterocycles. The number of aromatic hydroxyl groups is 1. The molecule has 5 aliphatic rings. The van der Waals surface area contributed by atoms with E-state index in [1.54, 1.807) is 65.3 Å². The lowest BCUT2D eigenvalue weighted by Crippen LogP contribution is -2.50. The van der Waals surface area contributed by atoms with Gasteiger partial charge in [0.2, 0.25) is 11.8 Å². The highest BCUT2D eigenvalue weighted by Crippen LogP contribution is 2.57. The number of phenols is 1. The second-order valence-corrected chi connectivity index (χ2v) is 19.5. The van der Waals surface area contributed by atoms with E-state index in [2.05, 4.69) is 16.0 Å². The highest BCUT2D eigenvalue weighted by atomic mass is 16.6. The molecule has 0 aromatic heterocycles. The van der Waals surface area contributed by atoms with Gasteiger partial charge in [0.25, 0.3) is 11.8 Å². The second-order valence-electron chi connectivity index (χ2n) is 19.5. The van der Waals surface area contributed by atoms with Gasteiger partial charge in [0.15, 0.2) is 29.2 Å². The summed E-state index contributed by atoms with van der Waals surface area (Å²) in [7, 11) is 2.96. The summed E-state index contributed by atoms with van der Waals surface area (Å²) in [5, 5.41) is 30.6. The van der Waals surface area contributed by atoms with Gasteiger partial charge in [0.05, 0.1) is 68.1 Å². The number of hydrogen-bond acceptors (Lipinski definition) is 14. The average molecular weight is 988 g/mol. The fraction of sp³-hybridized carbons (Fsp3) is 0.415. The molecule has 1 saturated carbocycles. The fourth-order valence-corrected chi connectivity index (χ4v) is 9.71. The van der Waals surface area contributed by atoms with Gasteiger partial charge in [-0.05, 0) is 97.0 Å². The fourth-order valence-electron chi connectivity index (χ4n) is 9.71. The minimum Gasteiger partial charge on any atom is -0.508 e. The molecule has 1 saturated heterocycles. The van der Waals surface area contributed by atoms with Crippen molar-refractivity contribution in [1.29, 1.82) is 0 Å². The minimum atomic E-state index is -1.44. The summed E-state index contributed by atoms with van der Waals surface area (Å²) in [4.78, 5) is 72.1. The van der Waals surface area contributed by atoms with E-state index in [4.69, 9.17) is 29.4 Å². The van der Waals surface area contributed by atoms with Gasteiger partial charge in [-0.15, -0.1) is 0 Å². The number of nitrogens with two attached hydrogens (primary N) is 1. The third-order valence-corrected chi connectivity index (χ3v) is 14.2. The van der Waals surface area contributed by atoms with E-state index in [1.807, 2.05) is 32.2 Å². The number of anilines is 3. The van der Waals surface area contributed by atoms with Gasteiger partial charge in [-0.25, -0.2) is 9.69 Å². The Balaban J connectivity index is 0.859. The number of rotatable bonds is 16. The molecule has 380 valence electrons. The molecule has 1 spiro atoms. The van der Waals surface area contributed by atoms with Crippen LogP contribution in [0.1, 0.15) is 84.7 Å². The number of nitrogens with zero attached hydrogens (tertiary/aromatic N) is 3. The third kappa shape index (κ3) is 10.0. The van der Waals surface area contributed by atoms with E-state index >= 15 is 0 Å². The van der Waals surface area contributed by atoms with Crippen molar-refractivity contribution in [3.8, 4) is 28.7 Å². The van der Waals surface area contributed by atoms with Crippen LogP contribution in [0.4, 0.5) is 21.9 Å². The van der Waals surface area contributed by atoms with E-state index in [0.717, 1.165) is 28.9 Å². The van der Waals surface area contributed by atoms with E-state index in [-0.39, 0.29) is 77.5 Å². The summed E-state index contributed by atoms with van der Waals surface area (Å²) in [5.41, 5.74) is 10.1. The third-order valence-electron chi connectivity index (χ3n) is 14.2. The molecule has 1 unspecified atom stereocenters. The zero-order chi connectivity index (χ0) is 51.0. The van der Waals surface area contributed by atoms with Gasteiger partial charge >= 0.3 is 6.09 Å². The van der Waals surface area contributed by atoms with Gasteiger partial charge < -0.3 is 65.4 Å². The number of hydrogen-bond donors (Lipinski definition) is 6. The first-order chi connectivity index (χ1) is 34.6. The number of carbonyl (C=O) groups is 5. The Hall–Kier alpha value is -7.51. The lowest BCUT2D eigenvalue weighted by molar-refractivity contribution is -0.127. The zero-order valence-corrected chi connectivity index (χ0v) is 40.9. The molecule has 4 aromatic carbocycles. The molecule has 0 bridgehead atoms. The number of amides is 5. The highest BCUT2D eigenvalue weighted by Gasteiger charge is 2.58. The molecule has 4 heterocycles. The van der Waals surface area contributed by atoms with E-state index in [1.165, 1.54) is 26.4 Å². The molecule has 19 nitrogen and oxygen atoms in total. The Kier molecular flexibility index (Phi) is 14.0. The molecule has 9 rings (SSSR count). The van der Waals surface area contributed by atoms with Crippen LogP contribution in [0.15, 0.2) is 79.0 Å². The molecular weight excluding hydrogens is 927 g/mol. The first-order valence-electron chi connectivity index (χ1n) is 24.2. The van der Waals surface area contributed by atoms with Crippen molar-refractivity contribution < 1.29 is 57.9 Å². The molecule has 5 amide bonds. The van der Waals surface area contributed by atoms with Crippen LogP contribution in [0.25, 0.3) is 5.57 Å². The summed E-state index contributed by atoms with van der Waals surface area (Å²) in [6.45, 7) is 6.28. The molecule has 1 aliphatic carbocycles. The van der Waals surface area contributed by atoms with E-state index < -0.39 is 42.3 Å². The highest BCUT2D eigenvalue weighted by molar-refractivity contribution is 6.06. The summed E-state index contributed by atoms with van der Waals surface area (Å²) >= 11 is 0. The van der Waals surface area contributed by atoms with Crippen LogP contribution in [0, 0.1) is 11.3 Å². The molecule has 2 fully saturated rings. The van der Waals surface area contributed by atoms with Crippen LogP contribution in [0.2, 0.25) is 0 Å². The number of ether oxygens (including phenoxy) is 5. The monoisotopic (exact) mass is 987 g/mol. The van der Waals surface area contributed by atoms with Gasteiger partial charge in [-0.3, -0.25) is 19.2 Å². The number of aliphatic hydroxyl groups is 1. The predicted molar refractivity (Wildman–Crippen MR) is 266 cm³/mol. The number of aliphatic hydroxyl groups excluding tert-OH is 1. The Labute approximate surface area is 417 Å². The quantitative estimate of drug-likeness (QED) is 0.0724. The second kappa shape index (κ2) is 20.3. The molecule has 5 atom stereocenters. The molecular formula is C53H61N7O12. The maximum absolute atomic E-state index is 14.3. The topological polar surface area (TPSA) is 244 Å². The van der Waals surface area contributed by atoms with Gasteiger partial charge in [0, 0.05) is 43.5 Å². The van der Waals surface area contributed by atoms with Crippen LogP contribution in [-0.2, 0) is 20.9 Å². The SMILES string of the molecule is COc1cc2c(cc1OCCCOc1cc3c(cc1OC)C(=O)N1CC4(CC4)C[C@H]1C(O)N3C(=O)OCc1ccc(NC(=O)[C@H](C)NC(=O)[C@@H](N)C(C)C)cc1)NC[C@@H]1CC(c3ccc(O)cc3)=CN1C2=O. The number of nitrogens with one attached hydrogen (secondary N) is 3. The van der Waals surface area contributed by atoms with E-state index in [0.29, 0.717) is 66.4 Å². The Morgan fingerprint density at radius 1 is 0.861 bits per heavy atom. The lowest BCUT2D eigenvalue weighted by Gasteiger charge is -2.31. The number of carbonyl (C=O) groups excluding carboxylic acids is 5. The summed E-state index contributed by atoms with van der Waals surface area (Å²) in [5.74, 6) is -0.0282. The molecule has 0 radical (unpaired) electrons. The first kappa shape index (κ1) is 49.5. The van der Waals surface area contributed by atoms with Gasteiger partial charge in [-0.1, -0.05) is 38.1 Å². The number of fused-ring (bicyclic) bond motifs is 4. The first-order valence-corrected chi connectivity index (χ1v) is 24.2. The standard InChI is InChI=1S/C53H61N7O12/c1-29(2)46(54)48(63)56-30(3)47(62)57-34-11-7-31(8-12-34)27-72-52(67)60-40-23-45(43(69-5)21-38(40)50(65)59-28-53(15-16-53)24-41(59)51(60)66)71-18-6-17-70-44-22-39-37(20-42(44)68-4)49(64)58-26-33(19-35(58)25-55-39)32-9-13-36(61)14-10-32/h7-14,20-23,26,29-30,35,41,46,51,55,61,66H,6,15-19,24-25,27-28,54H2,1-5H3,(H,56,63)(H,57,62)/t30-,35-,41-,46-,51?/m0/s1. The van der Waals surface area contributed by atoms with Crippen LogP contribution in [0.5, 0.6) is 28.7 Å². The maximum atomic E-state index is 14.3. The van der Waals surface area contributed by atoms with Crippen molar-refractivity contribution in [2.45, 2.75) is 89.9 Å². The van der Waals surface area contributed by atoms with Crippen molar-refractivity contribution in [1.82, 2.24) is 15.1 Å². The Bertz CT molecular complexity index is 2780. The number of methoxy groups -OCH3 is 2. The van der Waals surface area contributed by atoms with Gasteiger partial charge in [0.1, 0.15) is 18.4 Å². The van der Waals surface area contributed by atoms with Crippen molar-refractivity contribution in [2.75, 3.05) is 56.1 Å². The largest absolute Gasteiger partial charge is 0.508 e. The van der Waals surface area contributed by atoms with Crippen LogP contribution < -0.4 is 45.5 Å². The van der Waals surface area contributed by atoms with Crippen LogP contribution >= 0.6 is 0 Å². The average Bonchev–Trinajstić information content (AvgIpc) is 3.88. The molecule has 19 heteroatoms.